The molecule has 0 atom stereocenters. The van der Waals surface area contributed by atoms with Crippen molar-refractivity contribution in [2.45, 2.75) is 26.1 Å². The summed E-state index contributed by atoms with van der Waals surface area (Å²) in [5, 5.41) is 14.0. The van der Waals surface area contributed by atoms with Gasteiger partial charge in [-0.2, -0.15) is 27.8 Å². The van der Waals surface area contributed by atoms with Gasteiger partial charge in [-0.15, -0.1) is 0 Å². The number of anilines is 1. The van der Waals surface area contributed by atoms with Gasteiger partial charge in [0.15, 0.2) is 5.69 Å². The van der Waals surface area contributed by atoms with Gasteiger partial charge < -0.3 is 10.0 Å². The van der Waals surface area contributed by atoms with Gasteiger partial charge in [-0.3, -0.25) is 0 Å². The number of rotatable bonds is 5. The summed E-state index contributed by atoms with van der Waals surface area (Å²) in [6, 6.07) is 7.67. The predicted molar refractivity (Wildman–Crippen MR) is 85.2 cm³/mol. The molecule has 0 aliphatic heterocycles. The fraction of sp³-hybridized carbons (Fsp3) is 0.312. The normalized spacial score (nSPS) is 11.8. The molecule has 2 heterocycles. The number of nitrogens with zero attached hydrogens (tertiary/aromatic N) is 5. The molecule has 0 unspecified atom stereocenters. The Kier molecular flexibility index (Phi) is 4.47. The second kappa shape index (κ2) is 6.58. The Morgan fingerprint density at radius 1 is 1.24 bits per heavy atom. The highest BCUT2D eigenvalue weighted by Gasteiger charge is 2.34. The molecule has 9 heteroatoms. The van der Waals surface area contributed by atoms with E-state index in [2.05, 4.69) is 15.1 Å². The summed E-state index contributed by atoms with van der Waals surface area (Å²) < 4.78 is 40.8. The zero-order valence-corrected chi connectivity index (χ0v) is 13.4. The van der Waals surface area contributed by atoms with Gasteiger partial charge in [0.05, 0.1) is 0 Å². The average molecular weight is 351 g/mol. The molecule has 0 fully saturated rings. The third-order valence-corrected chi connectivity index (χ3v) is 3.69. The topological polar surface area (TPSA) is 66.5 Å². The Labute approximate surface area is 141 Å². The maximum Gasteiger partial charge on any atom is 0.433 e. The predicted octanol–water partition coefficient (Wildman–Crippen LogP) is 3.27. The number of fused-ring (bicyclic) bond motifs is 1. The molecule has 3 rings (SSSR count). The first-order valence-corrected chi connectivity index (χ1v) is 7.70. The molecule has 0 aliphatic rings. The summed E-state index contributed by atoms with van der Waals surface area (Å²) >= 11 is 0. The van der Waals surface area contributed by atoms with Crippen LogP contribution in [0, 0.1) is 0 Å². The zero-order valence-electron chi connectivity index (χ0n) is 13.4. The Morgan fingerprint density at radius 3 is 2.68 bits per heavy atom. The van der Waals surface area contributed by atoms with Crippen LogP contribution in [0.4, 0.5) is 19.0 Å². The quantitative estimate of drug-likeness (QED) is 0.764. The second-order valence-corrected chi connectivity index (χ2v) is 5.52. The number of alkyl halides is 3. The molecule has 6 nitrogen and oxygen atoms in total. The number of aromatic nitrogens is 4. The van der Waals surface area contributed by atoms with Crippen molar-refractivity contribution in [1.82, 2.24) is 19.6 Å². The fourth-order valence-electron chi connectivity index (χ4n) is 2.56. The van der Waals surface area contributed by atoms with E-state index in [0.29, 0.717) is 18.5 Å². The van der Waals surface area contributed by atoms with Gasteiger partial charge in [-0.1, -0.05) is 25.1 Å². The first-order chi connectivity index (χ1) is 11.9. The molecule has 0 saturated heterocycles. The summed E-state index contributed by atoms with van der Waals surface area (Å²) in [5.74, 6) is 0.187. The summed E-state index contributed by atoms with van der Waals surface area (Å²) in [6.45, 7) is 2.63. The van der Waals surface area contributed by atoms with E-state index in [0.717, 1.165) is 12.4 Å². The Balaban J connectivity index is 2.09. The van der Waals surface area contributed by atoms with E-state index < -0.39 is 11.9 Å². The van der Waals surface area contributed by atoms with Gasteiger partial charge in [-0.05, 0) is 12.5 Å². The van der Waals surface area contributed by atoms with Crippen LogP contribution in [0.3, 0.4) is 0 Å². The number of phenolic OH excluding ortho intramolecular Hbond substituents is 1. The first kappa shape index (κ1) is 17.0. The van der Waals surface area contributed by atoms with Crippen LogP contribution < -0.4 is 4.90 Å². The molecule has 1 aromatic carbocycles. The maximum atomic E-state index is 13.2. The van der Waals surface area contributed by atoms with Crippen LogP contribution in [-0.4, -0.2) is 31.2 Å². The van der Waals surface area contributed by atoms with Crippen molar-refractivity contribution in [3.63, 3.8) is 0 Å². The molecule has 132 valence electrons. The van der Waals surface area contributed by atoms with Crippen molar-refractivity contribution in [2.24, 2.45) is 0 Å². The largest absolute Gasteiger partial charge is 0.508 e. The molecule has 3 aromatic rings. The molecule has 0 radical (unpaired) electrons. The minimum absolute atomic E-state index is 0.0866. The number of hydrogen-bond donors (Lipinski definition) is 1. The molecule has 0 saturated carbocycles. The van der Waals surface area contributed by atoms with E-state index in [-0.39, 0.29) is 23.9 Å². The third-order valence-electron chi connectivity index (χ3n) is 3.69. The molecule has 0 amide bonds. The molecule has 0 spiro atoms. The van der Waals surface area contributed by atoms with Crippen LogP contribution in [0.1, 0.15) is 24.6 Å². The lowest BCUT2D eigenvalue weighted by Crippen LogP contribution is -2.27. The molecule has 1 N–H and O–H groups in total. The Bertz CT molecular complexity index is 878. The van der Waals surface area contributed by atoms with Gasteiger partial charge in [0.2, 0.25) is 0 Å². The van der Waals surface area contributed by atoms with E-state index in [4.69, 9.17) is 0 Å². The molecular formula is C16H16F3N5O. The Morgan fingerprint density at radius 2 is 2.00 bits per heavy atom. The van der Waals surface area contributed by atoms with Crippen LogP contribution in [0.2, 0.25) is 0 Å². The highest BCUT2D eigenvalue weighted by molar-refractivity contribution is 5.49. The minimum atomic E-state index is -4.59. The third kappa shape index (κ3) is 3.49. The number of benzene rings is 1. The van der Waals surface area contributed by atoms with E-state index in [1.807, 2.05) is 6.92 Å². The smallest absolute Gasteiger partial charge is 0.433 e. The summed E-state index contributed by atoms with van der Waals surface area (Å²) in [6.07, 6.45) is -2.72. The maximum absolute atomic E-state index is 13.2. The summed E-state index contributed by atoms with van der Waals surface area (Å²) in [5.41, 5.74) is -0.420. The first-order valence-electron chi connectivity index (χ1n) is 7.70. The number of halogens is 3. The van der Waals surface area contributed by atoms with E-state index in [1.54, 1.807) is 23.1 Å². The van der Waals surface area contributed by atoms with Crippen LogP contribution in [0.25, 0.3) is 5.78 Å². The van der Waals surface area contributed by atoms with Crippen LogP contribution in [0.15, 0.2) is 36.7 Å². The molecule has 0 aliphatic carbocycles. The number of hydrogen-bond acceptors (Lipinski definition) is 5. The number of aromatic hydroxyl groups is 1. The summed E-state index contributed by atoms with van der Waals surface area (Å²) in [4.78, 5) is 9.02. The standard InChI is InChI=1S/C16H16F3N5O/c1-2-7-23(9-11-5-3-4-6-12(11)25)14-8-13(16(17,18)19)22-15-20-10-21-24(14)15/h3-6,8,10,25H,2,7,9H2,1H3. The number of para-hydroxylation sites is 1. The van der Waals surface area contributed by atoms with Gasteiger partial charge in [-0.25, -0.2) is 4.98 Å². The van der Waals surface area contributed by atoms with Gasteiger partial charge in [0.1, 0.15) is 17.9 Å². The van der Waals surface area contributed by atoms with Crippen molar-refractivity contribution in [3.05, 3.63) is 47.9 Å². The van der Waals surface area contributed by atoms with E-state index >= 15 is 0 Å². The molecular weight excluding hydrogens is 335 g/mol. The summed E-state index contributed by atoms with van der Waals surface area (Å²) in [7, 11) is 0. The second-order valence-electron chi connectivity index (χ2n) is 5.52. The van der Waals surface area contributed by atoms with Crippen molar-refractivity contribution >= 4 is 11.6 Å². The molecule has 0 bridgehead atoms. The lowest BCUT2D eigenvalue weighted by atomic mass is 10.2. The van der Waals surface area contributed by atoms with Crippen molar-refractivity contribution in [3.8, 4) is 5.75 Å². The van der Waals surface area contributed by atoms with Crippen LogP contribution >= 0.6 is 0 Å². The van der Waals surface area contributed by atoms with Crippen LogP contribution in [0.5, 0.6) is 5.75 Å². The SMILES string of the molecule is CCCN(Cc1ccccc1O)c1cc(C(F)(F)F)nc2ncnn12. The van der Waals surface area contributed by atoms with Crippen molar-refractivity contribution < 1.29 is 18.3 Å². The van der Waals surface area contributed by atoms with Gasteiger partial charge in [0.25, 0.3) is 5.78 Å². The fourth-order valence-corrected chi connectivity index (χ4v) is 2.56. The monoisotopic (exact) mass is 351 g/mol. The highest BCUT2D eigenvalue weighted by Crippen LogP contribution is 2.31. The lowest BCUT2D eigenvalue weighted by Gasteiger charge is -2.25. The van der Waals surface area contributed by atoms with Gasteiger partial charge >= 0.3 is 6.18 Å². The van der Waals surface area contributed by atoms with Crippen LogP contribution in [-0.2, 0) is 12.7 Å². The van der Waals surface area contributed by atoms with E-state index in [1.165, 1.54) is 10.6 Å². The lowest BCUT2D eigenvalue weighted by molar-refractivity contribution is -0.141. The van der Waals surface area contributed by atoms with Crippen molar-refractivity contribution in [1.29, 1.82) is 0 Å². The zero-order chi connectivity index (χ0) is 18.0. The highest BCUT2D eigenvalue weighted by atomic mass is 19.4. The van der Waals surface area contributed by atoms with Crippen molar-refractivity contribution in [2.75, 3.05) is 11.4 Å². The molecule has 25 heavy (non-hydrogen) atoms. The minimum Gasteiger partial charge on any atom is -0.508 e. The van der Waals surface area contributed by atoms with E-state index in [9.17, 15) is 18.3 Å². The number of phenols is 1. The average Bonchev–Trinajstić information content (AvgIpc) is 3.03. The Hall–Kier alpha value is -2.84. The molecule has 2 aromatic heterocycles. The van der Waals surface area contributed by atoms with Gasteiger partial charge in [0, 0.05) is 24.7 Å².